The lowest BCUT2D eigenvalue weighted by Gasteiger charge is -2.28. The average molecular weight is 276 g/mol. The minimum absolute atomic E-state index is 0.106. The Morgan fingerprint density at radius 3 is 2.65 bits per heavy atom. The lowest BCUT2D eigenvalue weighted by Crippen LogP contribution is -2.31. The molecule has 112 valence electrons. The Bertz CT molecular complexity index is 361. The van der Waals surface area contributed by atoms with Gasteiger partial charge in [-0.05, 0) is 57.3 Å². The molecule has 3 nitrogen and oxygen atoms in total. The Labute approximate surface area is 123 Å². The molecule has 1 aromatic carbocycles. The van der Waals surface area contributed by atoms with E-state index in [2.05, 4.69) is 36.2 Å². The van der Waals surface area contributed by atoms with Crippen LogP contribution in [0.15, 0.2) is 30.3 Å². The van der Waals surface area contributed by atoms with Crippen LogP contribution >= 0.6 is 0 Å². The highest BCUT2D eigenvalue weighted by Crippen LogP contribution is 2.19. The molecule has 1 aromatic rings. The summed E-state index contributed by atoms with van der Waals surface area (Å²) in [4.78, 5) is 2.41. The van der Waals surface area contributed by atoms with Crippen molar-refractivity contribution in [2.24, 2.45) is 11.7 Å². The minimum Gasteiger partial charge on any atom is -0.380 e. The molecule has 1 heterocycles. The largest absolute Gasteiger partial charge is 0.380 e. The van der Waals surface area contributed by atoms with E-state index in [-0.39, 0.29) is 6.04 Å². The summed E-state index contributed by atoms with van der Waals surface area (Å²) in [7, 11) is 2.20. The van der Waals surface area contributed by atoms with E-state index in [4.69, 9.17) is 10.5 Å². The smallest absolute Gasteiger partial charge is 0.0620 e. The van der Waals surface area contributed by atoms with Gasteiger partial charge in [0.25, 0.3) is 0 Å². The summed E-state index contributed by atoms with van der Waals surface area (Å²) in [5.74, 6) is 0.844. The fourth-order valence-corrected chi connectivity index (χ4v) is 2.81. The van der Waals surface area contributed by atoms with Crippen LogP contribution in [0.2, 0.25) is 0 Å². The summed E-state index contributed by atoms with van der Waals surface area (Å²) in [6, 6.07) is 10.5. The predicted molar refractivity (Wildman–Crippen MR) is 83.8 cm³/mol. The molecular weight excluding hydrogens is 248 g/mol. The summed E-state index contributed by atoms with van der Waals surface area (Å²) >= 11 is 0. The van der Waals surface area contributed by atoms with Gasteiger partial charge in [0.2, 0.25) is 0 Å². The predicted octanol–water partition coefficient (Wildman–Crippen LogP) is 2.30. The van der Waals surface area contributed by atoms with Gasteiger partial charge in [0.15, 0.2) is 0 Å². The molecule has 2 N–H and O–H groups in total. The number of piperidine rings is 1. The number of ether oxygens (including phenoxy) is 1. The molecule has 0 spiro atoms. The van der Waals surface area contributed by atoms with Crippen LogP contribution in [-0.2, 0) is 11.2 Å². The number of hydrogen-bond donors (Lipinski definition) is 1. The van der Waals surface area contributed by atoms with Gasteiger partial charge in [-0.1, -0.05) is 30.3 Å². The third kappa shape index (κ3) is 5.61. The highest BCUT2D eigenvalue weighted by atomic mass is 16.5. The molecule has 0 aromatic heterocycles. The zero-order chi connectivity index (χ0) is 14.2. The highest BCUT2D eigenvalue weighted by molar-refractivity contribution is 5.15. The van der Waals surface area contributed by atoms with Crippen LogP contribution in [0.3, 0.4) is 0 Å². The van der Waals surface area contributed by atoms with Gasteiger partial charge in [0.1, 0.15) is 0 Å². The van der Waals surface area contributed by atoms with Gasteiger partial charge in [-0.15, -0.1) is 0 Å². The van der Waals surface area contributed by atoms with Gasteiger partial charge in [0, 0.05) is 12.6 Å². The van der Waals surface area contributed by atoms with Crippen molar-refractivity contribution in [1.29, 1.82) is 0 Å². The molecule has 3 heteroatoms. The molecule has 2 rings (SSSR count). The van der Waals surface area contributed by atoms with Gasteiger partial charge < -0.3 is 15.4 Å². The molecule has 1 saturated heterocycles. The first-order valence-electron chi connectivity index (χ1n) is 7.80. The van der Waals surface area contributed by atoms with Gasteiger partial charge in [0.05, 0.1) is 6.61 Å². The molecule has 0 bridgehead atoms. The van der Waals surface area contributed by atoms with Crippen molar-refractivity contribution in [3.8, 4) is 0 Å². The normalized spacial score (nSPS) is 19.1. The molecule has 0 unspecified atom stereocenters. The van der Waals surface area contributed by atoms with Crippen LogP contribution in [0, 0.1) is 5.92 Å². The van der Waals surface area contributed by atoms with Crippen LogP contribution in [0.4, 0.5) is 0 Å². The second-order valence-electron chi connectivity index (χ2n) is 6.06. The topological polar surface area (TPSA) is 38.5 Å². The third-order valence-corrected chi connectivity index (χ3v) is 4.18. The highest BCUT2D eigenvalue weighted by Gasteiger charge is 2.16. The number of benzene rings is 1. The maximum atomic E-state index is 6.11. The molecule has 1 fully saturated rings. The molecule has 0 radical (unpaired) electrons. The first kappa shape index (κ1) is 15.5. The Balaban J connectivity index is 1.54. The number of nitrogens with zero attached hydrogens (tertiary/aromatic N) is 1. The van der Waals surface area contributed by atoms with Crippen molar-refractivity contribution in [3.63, 3.8) is 0 Å². The number of nitrogens with two attached hydrogens (primary N) is 1. The quantitative estimate of drug-likeness (QED) is 0.777. The fraction of sp³-hybridized carbons (Fsp3) is 0.647. The van der Waals surface area contributed by atoms with E-state index in [1.54, 1.807) is 0 Å². The Hall–Kier alpha value is -0.900. The van der Waals surface area contributed by atoms with Crippen LogP contribution in [0.1, 0.15) is 24.8 Å². The summed E-state index contributed by atoms with van der Waals surface area (Å²) in [5, 5.41) is 0. The van der Waals surface area contributed by atoms with E-state index >= 15 is 0 Å². The van der Waals surface area contributed by atoms with E-state index < -0.39 is 0 Å². The molecule has 1 aliphatic heterocycles. The van der Waals surface area contributed by atoms with Crippen LogP contribution < -0.4 is 5.73 Å². The Kier molecular flexibility index (Phi) is 6.51. The maximum absolute atomic E-state index is 6.11. The number of likely N-dealkylation sites (tertiary alicyclic amines) is 1. The molecule has 1 atom stereocenters. The third-order valence-electron chi connectivity index (χ3n) is 4.18. The standard InChI is InChI=1S/C17H28N2O/c1-19-10-7-15(8-11-19)9-12-20-14-17(18)13-16-5-3-2-4-6-16/h2-6,15,17H,7-14,18H2,1H3/t17-/m1/s1. The zero-order valence-corrected chi connectivity index (χ0v) is 12.6. The van der Waals surface area contributed by atoms with E-state index in [1.165, 1.54) is 37.9 Å². The average Bonchev–Trinajstić information content (AvgIpc) is 2.46. The van der Waals surface area contributed by atoms with Crippen LogP contribution in [-0.4, -0.2) is 44.3 Å². The molecular formula is C17H28N2O. The lowest BCUT2D eigenvalue weighted by atomic mass is 9.94. The van der Waals surface area contributed by atoms with E-state index in [9.17, 15) is 0 Å². The monoisotopic (exact) mass is 276 g/mol. The lowest BCUT2D eigenvalue weighted by molar-refractivity contribution is 0.0959. The van der Waals surface area contributed by atoms with Crippen LogP contribution in [0.5, 0.6) is 0 Å². The van der Waals surface area contributed by atoms with Crippen molar-refractivity contribution >= 4 is 0 Å². The minimum atomic E-state index is 0.106. The van der Waals surface area contributed by atoms with Crippen LogP contribution in [0.25, 0.3) is 0 Å². The Morgan fingerprint density at radius 1 is 1.25 bits per heavy atom. The van der Waals surface area contributed by atoms with E-state index in [0.717, 1.165) is 18.9 Å². The molecule has 0 saturated carbocycles. The first-order chi connectivity index (χ1) is 9.74. The zero-order valence-electron chi connectivity index (χ0n) is 12.6. The van der Waals surface area contributed by atoms with Gasteiger partial charge in [-0.3, -0.25) is 0 Å². The molecule has 0 amide bonds. The van der Waals surface area contributed by atoms with Crippen molar-refractivity contribution in [1.82, 2.24) is 4.90 Å². The van der Waals surface area contributed by atoms with E-state index in [1.807, 2.05) is 6.07 Å². The molecule has 20 heavy (non-hydrogen) atoms. The SMILES string of the molecule is CN1CCC(CCOC[C@H](N)Cc2ccccc2)CC1. The van der Waals surface area contributed by atoms with Crippen molar-refractivity contribution in [2.75, 3.05) is 33.4 Å². The number of rotatable bonds is 7. The van der Waals surface area contributed by atoms with Crippen molar-refractivity contribution in [3.05, 3.63) is 35.9 Å². The van der Waals surface area contributed by atoms with Gasteiger partial charge in [-0.25, -0.2) is 0 Å². The summed E-state index contributed by atoms with van der Waals surface area (Å²) < 4.78 is 5.76. The summed E-state index contributed by atoms with van der Waals surface area (Å²) in [6.07, 6.45) is 4.72. The Morgan fingerprint density at radius 2 is 1.95 bits per heavy atom. The second-order valence-corrected chi connectivity index (χ2v) is 6.06. The van der Waals surface area contributed by atoms with Gasteiger partial charge >= 0.3 is 0 Å². The van der Waals surface area contributed by atoms with E-state index in [0.29, 0.717) is 6.61 Å². The molecule has 1 aliphatic rings. The van der Waals surface area contributed by atoms with Crippen molar-refractivity contribution < 1.29 is 4.74 Å². The van der Waals surface area contributed by atoms with Gasteiger partial charge in [-0.2, -0.15) is 0 Å². The summed E-state index contributed by atoms with van der Waals surface area (Å²) in [5.41, 5.74) is 7.40. The fourth-order valence-electron chi connectivity index (χ4n) is 2.81. The van der Waals surface area contributed by atoms with Crippen molar-refractivity contribution in [2.45, 2.75) is 31.7 Å². The maximum Gasteiger partial charge on any atom is 0.0620 e. The summed E-state index contributed by atoms with van der Waals surface area (Å²) in [6.45, 7) is 3.99. The first-order valence-corrected chi connectivity index (χ1v) is 7.80. The second kappa shape index (κ2) is 8.40. The molecule has 0 aliphatic carbocycles. The number of hydrogen-bond acceptors (Lipinski definition) is 3.